The summed E-state index contributed by atoms with van der Waals surface area (Å²) < 4.78 is 1.56. The van der Waals surface area contributed by atoms with Gasteiger partial charge in [0.2, 0.25) is 5.91 Å². The van der Waals surface area contributed by atoms with Crippen molar-refractivity contribution in [1.29, 1.82) is 0 Å². The van der Waals surface area contributed by atoms with Gasteiger partial charge in [0, 0.05) is 10.6 Å². The summed E-state index contributed by atoms with van der Waals surface area (Å²) in [6.07, 6.45) is 3.01. The average Bonchev–Trinajstić information content (AvgIpc) is 3.04. The molecule has 7 heteroatoms. The van der Waals surface area contributed by atoms with Crippen molar-refractivity contribution in [2.24, 2.45) is 5.92 Å². The number of aryl methyl sites for hydroxylation is 3. The standard InChI is InChI=1S/C24H30N4O2S/c1-14-6-8-16(3)18(10-14)25-21(29)13-28-20(12-27(4)5)26-23-22(24(28)30)17-9-7-15(2)11-19(17)31-23/h6,8,10,15H,7,9,11-13H2,1-5H3,(H,25,29). The molecule has 2 aromatic heterocycles. The van der Waals surface area contributed by atoms with Crippen molar-refractivity contribution in [3.05, 3.63) is 55.9 Å². The summed E-state index contributed by atoms with van der Waals surface area (Å²) in [5.41, 5.74) is 3.91. The first-order valence-electron chi connectivity index (χ1n) is 10.8. The number of carbonyl (C=O) groups is 1. The highest BCUT2D eigenvalue weighted by Gasteiger charge is 2.25. The second-order valence-electron chi connectivity index (χ2n) is 9.06. The van der Waals surface area contributed by atoms with E-state index in [1.54, 1.807) is 15.9 Å². The van der Waals surface area contributed by atoms with Crippen LogP contribution in [0.15, 0.2) is 23.0 Å². The molecule has 1 aliphatic rings. The van der Waals surface area contributed by atoms with Crippen molar-refractivity contribution in [3.63, 3.8) is 0 Å². The maximum absolute atomic E-state index is 13.6. The second kappa shape index (κ2) is 8.55. The highest BCUT2D eigenvalue weighted by Crippen LogP contribution is 2.35. The zero-order chi connectivity index (χ0) is 22.3. The van der Waals surface area contributed by atoms with Crippen LogP contribution in [0.25, 0.3) is 10.2 Å². The molecule has 164 valence electrons. The molecule has 0 radical (unpaired) electrons. The molecule has 1 amide bonds. The van der Waals surface area contributed by atoms with E-state index < -0.39 is 0 Å². The Kier molecular flexibility index (Phi) is 5.99. The van der Waals surface area contributed by atoms with Gasteiger partial charge in [0.15, 0.2) is 0 Å². The van der Waals surface area contributed by atoms with Gasteiger partial charge in [-0.15, -0.1) is 11.3 Å². The third-order valence-electron chi connectivity index (χ3n) is 5.92. The summed E-state index contributed by atoms with van der Waals surface area (Å²) in [5, 5.41) is 3.70. The predicted molar refractivity (Wildman–Crippen MR) is 127 cm³/mol. The van der Waals surface area contributed by atoms with Crippen LogP contribution in [-0.4, -0.2) is 34.5 Å². The van der Waals surface area contributed by atoms with E-state index in [-0.39, 0.29) is 18.0 Å². The van der Waals surface area contributed by atoms with Gasteiger partial charge in [-0.25, -0.2) is 4.98 Å². The molecule has 1 atom stereocenters. The van der Waals surface area contributed by atoms with Crippen LogP contribution in [0.3, 0.4) is 0 Å². The Hall–Kier alpha value is -2.51. The normalized spacial score (nSPS) is 16.0. The Morgan fingerprint density at radius 3 is 2.84 bits per heavy atom. The van der Waals surface area contributed by atoms with Gasteiger partial charge < -0.3 is 10.2 Å². The number of rotatable bonds is 5. The highest BCUT2D eigenvalue weighted by atomic mass is 32.1. The minimum Gasteiger partial charge on any atom is -0.324 e. The lowest BCUT2D eigenvalue weighted by Crippen LogP contribution is -2.33. The van der Waals surface area contributed by atoms with Gasteiger partial charge in [0.1, 0.15) is 17.2 Å². The maximum Gasteiger partial charge on any atom is 0.263 e. The van der Waals surface area contributed by atoms with Crippen LogP contribution in [0.5, 0.6) is 0 Å². The number of carbonyl (C=O) groups excluding carboxylic acids is 1. The first-order valence-corrected chi connectivity index (χ1v) is 11.6. The van der Waals surface area contributed by atoms with Gasteiger partial charge in [-0.2, -0.15) is 0 Å². The van der Waals surface area contributed by atoms with Crippen molar-refractivity contribution in [2.75, 3.05) is 19.4 Å². The van der Waals surface area contributed by atoms with Crippen LogP contribution in [-0.2, 0) is 30.7 Å². The quantitative estimate of drug-likeness (QED) is 0.656. The number of aromatic nitrogens is 2. The summed E-state index contributed by atoms with van der Waals surface area (Å²) >= 11 is 1.65. The van der Waals surface area contributed by atoms with Crippen LogP contribution in [0.1, 0.15) is 40.7 Å². The average molecular weight is 439 g/mol. The SMILES string of the molecule is Cc1ccc(C)c(NC(=O)Cn2c(CN(C)C)nc3sc4c(c3c2=O)CCC(C)C4)c1. The maximum atomic E-state index is 13.6. The van der Waals surface area contributed by atoms with E-state index in [1.807, 2.05) is 51.0 Å². The number of nitrogens with one attached hydrogen (secondary N) is 1. The molecule has 1 N–H and O–H groups in total. The molecule has 31 heavy (non-hydrogen) atoms. The fourth-order valence-corrected chi connectivity index (χ4v) is 5.63. The fraction of sp³-hybridized carbons (Fsp3) is 0.458. The van der Waals surface area contributed by atoms with E-state index in [2.05, 4.69) is 12.2 Å². The van der Waals surface area contributed by atoms with Gasteiger partial charge in [0.25, 0.3) is 5.56 Å². The molecule has 0 saturated heterocycles. The van der Waals surface area contributed by atoms with Gasteiger partial charge in [-0.05, 0) is 75.9 Å². The lowest BCUT2D eigenvalue weighted by atomic mass is 9.89. The molecule has 3 aromatic rings. The number of hydrogen-bond acceptors (Lipinski definition) is 5. The minimum atomic E-state index is -0.213. The lowest BCUT2D eigenvalue weighted by Gasteiger charge is -2.18. The number of amides is 1. The van der Waals surface area contributed by atoms with Crippen LogP contribution in [0.4, 0.5) is 5.69 Å². The van der Waals surface area contributed by atoms with Gasteiger partial charge >= 0.3 is 0 Å². The Bertz CT molecular complexity index is 1210. The summed E-state index contributed by atoms with van der Waals surface area (Å²) in [4.78, 5) is 35.4. The number of fused-ring (bicyclic) bond motifs is 3. The molecular weight excluding hydrogens is 408 g/mol. The largest absolute Gasteiger partial charge is 0.324 e. The Labute approximate surface area is 186 Å². The number of anilines is 1. The Morgan fingerprint density at radius 1 is 1.32 bits per heavy atom. The third-order valence-corrected chi connectivity index (χ3v) is 7.07. The molecule has 0 bridgehead atoms. The minimum absolute atomic E-state index is 0.0423. The topological polar surface area (TPSA) is 67.2 Å². The number of hydrogen-bond donors (Lipinski definition) is 1. The zero-order valence-electron chi connectivity index (χ0n) is 18.9. The summed E-state index contributed by atoms with van der Waals surface area (Å²) in [7, 11) is 3.88. The monoisotopic (exact) mass is 438 g/mol. The van der Waals surface area contributed by atoms with Crippen LogP contribution >= 0.6 is 11.3 Å². The summed E-state index contributed by atoms with van der Waals surface area (Å²) in [6.45, 7) is 6.67. The van der Waals surface area contributed by atoms with Crippen molar-refractivity contribution in [3.8, 4) is 0 Å². The zero-order valence-corrected chi connectivity index (χ0v) is 19.7. The molecule has 0 saturated carbocycles. The number of nitrogens with zero attached hydrogens (tertiary/aromatic N) is 3. The molecule has 0 aliphatic heterocycles. The van der Waals surface area contributed by atoms with Crippen LogP contribution < -0.4 is 10.9 Å². The van der Waals surface area contributed by atoms with Crippen molar-refractivity contribution >= 4 is 33.1 Å². The van der Waals surface area contributed by atoms with Gasteiger partial charge in [-0.3, -0.25) is 14.2 Å². The van der Waals surface area contributed by atoms with E-state index in [0.29, 0.717) is 23.7 Å². The summed E-state index contributed by atoms with van der Waals surface area (Å²) in [5.74, 6) is 1.05. The molecule has 0 fully saturated rings. The molecule has 1 aromatic carbocycles. The number of thiophene rings is 1. The first-order chi connectivity index (χ1) is 14.7. The highest BCUT2D eigenvalue weighted by molar-refractivity contribution is 7.18. The Balaban J connectivity index is 1.74. The lowest BCUT2D eigenvalue weighted by molar-refractivity contribution is -0.116. The van der Waals surface area contributed by atoms with Crippen LogP contribution in [0.2, 0.25) is 0 Å². The van der Waals surface area contributed by atoms with Crippen LogP contribution in [0, 0.1) is 19.8 Å². The van der Waals surface area contributed by atoms with Gasteiger partial charge in [0.05, 0.1) is 11.9 Å². The second-order valence-corrected chi connectivity index (χ2v) is 10.1. The first kappa shape index (κ1) is 21.7. The molecule has 4 rings (SSSR count). The van der Waals surface area contributed by atoms with Crippen molar-refractivity contribution < 1.29 is 4.79 Å². The van der Waals surface area contributed by atoms with Crippen molar-refractivity contribution in [2.45, 2.75) is 53.1 Å². The van der Waals surface area contributed by atoms with E-state index in [4.69, 9.17) is 4.98 Å². The molecule has 1 unspecified atom stereocenters. The summed E-state index contributed by atoms with van der Waals surface area (Å²) in [6, 6.07) is 5.96. The fourth-order valence-electron chi connectivity index (χ4n) is 4.24. The number of benzene rings is 1. The van der Waals surface area contributed by atoms with E-state index in [0.717, 1.165) is 46.5 Å². The molecule has 1 aliphatic carbocycles. The molecule has 2 heterocycles. The van der Waals surface area contributed by atoms with Crippen molar-refractivity contribution in [1.82, 2.24) is 14.5 Å². The van der Waals surface area contributed by atoms with E-state index in [1.165, 1.54) is 4.88 Å². The molecular formula is C24H30N4O2S. The van der Waals surface area contributed by atoms with Gasteiger partial charge in [-0.1, -0.05) is 19.1 Å². The Morgan fingerprint density at radius 2 is 2.10 bits per heavy atom. The van der Waals surface area contributed by atoms with E-state index in [9.17, 15) is 9.59 Å². The third kappa shape index (κ3) is 4.43. The predicted octanol–water partition coefficient (Wildman–Crippen LogP) is 3.90. The molecule has 0 spiro atoms. The smallest absolute Gasteiger partial charge is 0.263 e. The molecule has 6 nitrogen and oxygen atoms in total. The van der Waals surface area contributed by atoms with E-state index >= 15 is 0 Å².